The van der Waals surface area contributed by atoms with Crippen LogP contribution in [0.5, 0.6) is 0 Å². The van der Waals surface area contributed by atoms with E-state index in [2.05, 4.69) is 28.9 Å². The van der Waals surface area contributed by atoms with Gasteiger partial charge in [0, 0.05) is 0 Å². The Morgan fingerprint density at radius 3 is 3.30 bits per heavy atom. The molecule has 3 heteroatoms. The molecule has 0 unspecified atom stereocenters. The number of hydrogen-bond donors (Lipinski definition) is 0. The first-order valence-electron chi connectivity index (χ1n) is 3.01. The molecule has 0 bridgehead atoms. The van der Waals surface area contributed by atoms with E-state index in [0.717, 1.165) is 0 Å². The van der Waals surface area contributed by atoms with Gasteiger partial charge >= 0.3 is 0 Å². The predicted octanol–water partition coefficient (Wildman–Crippen LogP) is 2.95. The minimum absolute atomic E-state index is 1.29. The van der Waals surface area contributed by atoms with Gasteiger partial charge in [0.05, 0.1) is 3.76 Å². The van der Waals surface area contributed by atoms with E-state index in [0.29, 0.717) is 0 Å². The fourth-order valence-electron chi connectivity index (χ4n) is 0.861. The van der Waals surface area contributed by atoms with Crippen LogP contribution in [0.15, 0.2) is 18.2 Å². The SMILES string of the molecule is Cc1ccc2[s+]nsc2c1. The Morgan fingerprint density at radius 1 is 1.50 bits per heavy atom. The van der Waals surface area contributed by atoms with E-state index >= 15 is 0 Å². The van der Waals surface area contributed by atoms with Crippen LogP contribution in [0.25, 0.3) is 9.40 Å². The standard InChI is InChI=1S/C7H6NS2/c1-5-2-3-6-7(4-5)10-8-9-6/h2-4H,1H3/q+1. The lowest BCUT2D eigenvalue weighted by Gasteiger charge is -1.82. The lowest BCUT2D eigenvalue weighted by atomic mass is 10.2. The summed E-state index contributed by atoms with van der Waals surface area (Å²) in [5.74, 6) is 0. The molecule has 1 heterocycles. The largest absolute Gasteiger partial charge is 0.209 e. The molecule has 2 aromatic rings. The van der Waals surface area contributed by atoms with Crippen LogP contribution in [-0.2, 0) is 0 Å². The van der Waals surface area contributed by atoms with Crippen LogP contribution in [0.3, 0.4) is 0 Å². The van der Waals surface area contributed by atoms with Crippen molar-refractivity contribution in [2.45, 2.75) is 6.92 Å². The molecular formula is C7H6NS2+. The molecule has 0 fully saturated rings. The van der Waals surface area contributed by atoms with Gasteiger partial charge in [-0.2, -0.15) is 0 Å². The third kappa shape index (κ3) is 0.914. The van der Waals surface area contributed by atoms with E-state index in [4.69, 9.17) is 0 Å². The first kappa shape index (κ1) is 6.19. The highest BCUT2D eigenvalue weighted by Gasteiger charge is 2.06. The van der Waals surface area contributed by atoms with Crippen molar-refractivity contribution in [2.24, 2.45) is 0 Å². The third-order valence-electron chi connectivity index (χ3n) is 1.37. The molecule has 0 aliphatic rings. The summed E-state index contributed by atoms with van der Waals surface area (Å²) in [5.41, 5.74) is 1.31. The molecule has 50 valence electrons. The molecule has 0 atom stereocenters. The second-order valence-electron chi connectivity index (χ2n) is 2.21. The van der Waals surface area contributed by atoms with Crippen LogP contribution < -0.4 is 0 Å². The van der Waals surface area contributed by atoms with Gasteiger partial charge in [-0.15, -0.1) is 0 Å². The van der Waals surface area contributed by atoms with Crippen LogP contribution in [0.1, 0.15) is 5.56 Å². The molecule has 0 amide bonds. The lowest BCUT2D eigenvalue weighted by Crippen LogP contribution is -1.65. The topological polar surface area (TPSA) is 12.9 Å². The van der Waals surface area contributed by atoms with Gasteiger partial charge in [-0.3, -0.25) is 0 Å². The summed E-state index contributed by atoms with van der Waals surface area (Å²) in [7, 11) is 0. The Labute approximate surface area is 67.3 Å². The van der Waals surface area contributed by atoms with Gasteiger partial charge in [0.25, 0.3) is 0 Å². The zero-order chi connectivity index (χ0) is 6.97. The smallest absolute Gasteiger partial charge is 0.0556 e. The van der Waals surface area contributed by atoms with Crippen molar-refractivity contribution in [3.8, 4) is 0 Å². The predicted molar refractivity (Wildman–Crippen MR) is 46.6 cm³/mol. The Morgan fingerprint density at radius 2 is 2.40 bits per heavy atom. The molecule has 1 nitrogen and oxygen atoms in total. The number of fused-ring (bicyclic) bond motifs is 1. The minimum Gasteiger partial charge on any atom is -0.0556 e. The van der Waals surface area contributed by atoms with E-state index in [9.17, 15) is 0 Å². The first-order valence-corrected chi connectivity index (χ1v) is 4.56. The van der Waals surface area contributed by atoms with Gasteiger partial charge in [-0.1, -0.05) is 6.07 Å². The lowest BCUT2D eigenvalue weighted by molar-refractivity contribution is 1.52. The second-order valence-corrected chi connectivity index (χ2v) is 4.05. The van der Waals surface area contributed by atoms with Crippen LogP contribution in [0, 0.1) is 6.92 Å². The highest BCUT2D eigenvalue weighted by Crippen LogP contribution is 2.22. The number of aromatic nitrogens is 1. The Balaban J connectivity index is 2.86. The van der Waals surface area contributed by atoms with Crippen molar-refractivity contribution in [3.05, 3.63) is 23.8 Å². The number of rotatable bonds is 0. The van der Waals surface area contributed by atoms with Crippen LogP contribution in [0.2, 0.25) is 0 Å². The summed E-state index contributed by atoms with van der Waals surface area (Å²) < 4.78 is 6.71. The van der Waals surface area contributed by atoms with Crippen molar-refractivity contribution in [1.29, 1.82) is 0 Å². The van der Waals surface area contributed by atoms with E-state index in [1.807, 2.05) is 0 Å². The summed E-state index contributed by atoms with van der Waals surface area (Å²) in [6, 6.07) is 6.41. The van der Waals surface area contributed by atoms with E-state index in [-0.39, 0.29) is 0 Å². The van der Waals surface area contributed by atoms with Crippen molar-refractivity contribution in [2.75, 3.05) is 0 Å². The summed E-state index contributed by atoms with van der Waals surface area (Å²) in [6.45, 7) is 2.10. The molecule has 2 rings (SSSR count). The molecular weight excluding hydrogens is 162 g/mol. The number of hydrogen-bond acceptors (Lipinski definition) is 2. The number of benzene rings is 1. The first-order chi connectivity index (χ1) is 4.86. The van der Waals surface area contributed by atoms with Crippen molar-refractivity contribution < 1.29 is 0 Å². The zero-order valence-electron chi connectivity index (χ0n) is 5.50. The summed E-state index contributed by atoms with van der Waals surface area (Å²) in [5, 5.41) is 0. The molecule has 0 N–H and O–H groups in total. The minimum atomic E-state index is 1.29. The van der Waals surface area contributed by atoms with Crippen molar-refractivity contribution >= 4 is 32.5 Å². The molecule has 0 spiro atoms. The van der Waals surface area contributed by atoms with Gasteiger partial charge in [0.2, 0.25) is 23.1 Å². The molecule has 1 aromatic heterocycles. The van der Waals surface area contributed by atoms with E-state index in [1.54, 1.807) is 23.1 Å². The average molecular weight is 168 g/mol. The maximum Gasteiger partial charge on any atom is 0.209 e. The third-order valence-corrected chi connectivity index (χ3v) is 3.18. The fraction of sp³-hybridized carbons (Fsp3) is 0.143. The summed E-state index contributed by atoms with van der Waals surface area (Å²) in [6.07, 6.45) is 0. The Hall–Kier alpha value is -0.540. The normalized spacial score (nSPS) is 10.5. The second kappa shape index (κ2) is 2.25. The molecule has 10 heavy (non-hydrogen) atoms. The van der Waals surface area contributed by atoms with Gasteiger partial charge in [-0.05, 0) is 24.6 Å². The zero-order valence-corrected chi connectivity index (χ0v) is 7.13. The fourth-order valence-corrected chi connectivity index (χ4v) is 2.55. The molecule has 0 aliphatic heterocycles. The highest BCUT2D eigenvalue weighted by molar-refractivity contribution is 7.30. The quantitative estimate of drug-likeness (QED) is 0.551. The van der Waals surface area contributed by atoms with Gasteiger partial charge in [-0.25, -0.2) is 0 Å². The van der Waals surface area contributed by atoms with Crippen molar-refractivity contribution in [1.82, 2.24) is 3.76 Å². The van der Waals surface area contributed by atoms with Crippen LogP contribution in [-0.4, -0.2) is 3.76 Å². The van der Waals surface area contributed by atoms with Crippen molar-refractivity contribution in [3.63, 3.8) is 0 Å². The molecule has 1 aromatic carbocycles. The van der Waals surface area contributed by atoms with Gasteiger partial charge < -0.3 is 0 Å². The maximum absolute atomic E-state index is 4.13. The molecule has 0 saturated carbocycles. The van der Waals surface area contributed by atoms with Crippen LogP contribution >= 0.6 is 23.1 Å². The molecule has 0 aliphatic carbocycles. The summed E-state index contributed by atoms with van der Waals surface area (Å²) >= 11 is 3.13. The Kier molecular flexibility index (Phi) is 1.39. The molecule has 0 radical (unpaired) electrons. The monoisotopic (exact) mass is 168 g/mol. The molecule has 0 saturated heterocycles. The maximum atomic E-state index is 4.13. The van der Waals surface area contributed by atoms with Crippen LogP contribution in [0.4, 0.5) is 0 Å². The van der Waals surface area contributed by atoms with Gasteiger partial charge in [0.1, 0.15) is 0 Å². The highest BCUT2D eigenvalue weighted by atomic mass is 32.2. The number of nitrogens with zero attached hydrogens (tertiary/aromatic N) is 1. The average Bonchev–Trinajstić information content (AvgIpc) is 2.33. The number of aryl methyl sites for hydroxylation is 1. The van der Waals surface area contributed by atoms with E-state index < -0.39 is 0 Å². The Bertz CT molecular complexity index is 353. The van der Waals surface area contributed by atoms with Gasteiger partial charge in [0.15, 0.2) is 9.40 Å². The van der Waals surface area contributed by atoms with E-state index in [1.165, 1.54) is 15.0 Å². The summed E-state index contributed by atoms with van der Waals surface area (Å²) in [4.78, 5) is 0.